The van der Waals surface area contributed by atoms with Crippen molar-refractivity contribution in [3.63, 3.8) is 0 Å². The number of piperidine rings is 1. The molecule has 1 fully saturated rings. The molecule has 1 unspecified atom stereocenters. The van der Waals surface area contributed by atoms with Gasteiger partial charge in [0.25, 0.3) is 0 Å². The Morgan fingerprint density at radius 2 is 2.19 bits per heavy atom. The zero-order valence-corrected chi connectivity index (χ0v) is 11.2. The molecule has 0 spiro atoms. The first-order valence-electron chi connectivity index (χ1n) is 5.72. The molecule has 1 saturated heterocycles. The third kappa shape index (κ3) is 2.17. The van der Waals surface area contributed by atoms with Gasteiger partial charge < -0.3 is 10.0 Å². The Morgan fingerprint density at radius 1 is 1.44 bits per heavy atom. The van der Waals surface area contributed by atoms with Crippen molar-refractivity contribution in [1.29, 1.82) is 0 Å². The second-order valence-electron chi connectivity index (χ2n) is 4.76. The summed E-state index contributed by atoms with van der Waals surface area (Å²) in [5, 5.41) is 9.79. The van der Waals surface area contributed by atoms with Crippen LogP contribution in [0.15, 0.2) is 28.7 Å². The van der Waals surface area contributed by atoms with E-state index in [-0.39, 0.29) is 12.0 Å². The number of likely N-dealkylation sites (N-methyl/N-ethyl adjacent to an activating group) is 1. The third-order valence-corrected chi connectivity index (χ3v) is 4.21. The van der Waals surface area contributed by atoms with Gasteiger partial charge in [0.15, 0.2) is 0 Å². The molecule has 2 nitrogen and oxygen atoms in total. The number of nitrogens with zero attached hydrogens (tertiary/aromatic N) is 1. The van der Waals surface area contributed by atoms with Crippen LogP contribution in [0.4, 0.5) is 0 Å². The van der Waals surface area contributed by atoms with Crippen molar-refractivity contribution < 1.29 is 5.11 Å². The number of aliphatic hydroxyl groups excluding tert-OH is 1. The molecular formula is C13H18BrNO. The lowest BCUT2D eigenvalue weighted by molar-refractivity contribution is 0.104. The van der Waals surface area contributed by atoms with Gasteiger partial charge in [0.05, 0.1) is 6.61 Å². The van der Waals surface area contributed by atoms with Crippen LogP contribution in [0, 0.1) is 0 Å². The molecule has 1 N–H and O–H groups in total. The quantitative estimate of drug-likeness (QED) is 0.901. The largest absolute Gasteiger partial charge is 0.395 e. The molecule has 0 saturated carbocycles. The molecule has 0 bridgehead atoms. The minimum Gasteiger partial charge on any atom is -0.395 e. The molecule has 3 heteroatoms. The fourth-order valence-electron chi connectivity index (χ4n) is 2.69. The van der Waals surface area contributed by atoms with Gasteiger partial charge in [-0.1, -0.05) is 34.1 Å². The smallest absolute Gasteiger partial charge is 0.0540 e. The van der Waals surface area contributed by atoms with Gasteiger partial charge in [-0.05, 0) is 38.1 Å². The van der Waals surface area contributed by atoms with E-state index in [1.54, 1.807) is 0 Å². The summed E-state index contributed by atoms with van der Waals surface area (Å²) >= 11 is 3.60. The summed E-state index contributed by atoms with van der Waals surface area (Å²) in [5.74, 6) is 0. The maximum absolute atomic E-state index is 9.79. The first-order chi connectivity index (χ1) is 7.68. The number of benzene rings is 1. The summed E-state index contributed by atoms with van der Waals surface area (Å²) in [6.45, 7) is 2.29. The molecule has 1 aliphatic rings. The summed E-state index contributed by atoms with van der Waals surface area (Å²) in [4.78, 5) is 2.30. The molecule has 88 valence electrons. The Kier molecular flexibility index (Phi) is 3.67. The highest BCUT2D eigenvalue weighted by Gasteiger charge is 2.36. The first kappa shape index (κ1) is 12.1. The third-order valence-electron chi connectivity index (χ3n) is 3.52. The average molecular weight is 284 g/mol. The van der Waals surface area contributed by atoms with E-state index in [2.05, 4.69) is 40.0 Å². The van der Waals surface area contributed by atoms with Crippen LogP contribution in [0.1, 0.15) is 18.4 Å². The van der Waals surface area contributed by atoms with Crippen LogP contribution in [0.2, 0.25) is 0 Å². The standard InChI is InChI=1S/C13H18BrNO/c1-15-8-4-7-13(9-15,10-16)11-5-2-3-6-12(11)14/h2-3,5-6,16H,4,7-10H2,1H3. The van der Waals surface area contributed by atoms with Crippen molar-refractivity contribution in [2.45, 2.75) is 18.3 Å². The maximum Gasteiger partial charge on any atom is 0.0540 e. The Morgan fingerprint density at radius 3 is 2.81 bits per heavy atom. The molecule has 2 rings (SSSR count). The van der Waals surface area contributed by atoms with Gasteiger partial charge in [0, 0.05) is 16.4 Å². The van der Waals surface area contributed by atoms with Crippen molar-refractivity contribution in [3.05, 3.63) is 34.3 Å². The lowest BCUT2D eigenvalue weighted by Crippen LogP contribution is -2.46. The minimum absolute atomic E-state index is 0.0902. The van der Waals surface area contributed by atoms with Crippen LogP contribution in [-0.4, -0.2) is 36.8 Å². The van der Waals surface area contributed by atoms with E-state index in [4.69, 9.17) is 0 Å². The number of aliphatic hydroxyl groups is 1. The normalized spacial score (nSPS) is 26.9. The summed E-state index contributed by atoms with van der Waals surface area (Å²) in [7, 11) is 2.13. The molecule has 0 aromatic heterocycles. The van der Waals surface area contributed by atoms with Crippen LogP contribution in [0.3, 0.4) is 0 Å². The lowest BCUT2D eigenvalue weighted by Gasteiger charge is -2.41. The highest BCUT2D eigenvalue weighted by Crippen LogP contribution is 2.37. The number of halogens is 1. The maximum atomic E-state index is 9.79. The van der Waals surface area contributed by atoms with E-state index < -0.39 is 0 Å². The van der Waals surface area contributed by atoms with E-state index in [0.717, 1.165) is 30.4 Å². The fraction of sp³-hybridized carbons (Fsp3) is 0.538. The SMILES string of the molecule is CN1CCCC(CO)(c2ccccc2Br)C1. The van der Waals surface area contributed by atoms with Crippen molar-refractivity contribution in [2.24, 2.45) is 0 Å². The summed E-state index contributed by atoms with van der Waals surface area (Å²) in [5.41, 5.74) is 1.15. The molecule has 1 aromatic rings. The van der Waals surface area contributed by atoms with Gasteiger partial charge >= 0.3 is 0 Å². The number of likely N-dealkylation sites (tertiary alicyclic amines) is 1. The predicted octanol–water partition coefficient (Wildman–Crippen LogP) is 2.40. The van der Waals surface area contributed by atoms with Crippen molar-refractivity contribution in [1.82, 2.24) is 4.90 Å². The molecule has 0 aliphatic carbocycles. The second kappa shape index (κ2) is 4.86. The van der Waals surface area contributed by atoms with Crippen LogP contribution in [0.25, 0.3) is 0 Å². The number of rotatable bonds is 2. The van der Waals surface area contributed by atoms with Gasteiger partial charge in [-0.3, -0.25) is 0 Å². The summed E-state index contributed by atoms with van der Waals surface area (Å²) in [6, 6.07) is 8.25. The van der Waals surface area contributed by atoms with Gasteiger partial charge in [0.1, 0.15) is 0 Å². The van der Waals surface area contributed by atoms with Crippen LogP contribution >= 0.6 is 15.9 Å². The van der Waals surface area contributed by atoms with Crippen LogP contribution < -0.4 is 0 Å². The zero-order chi connectivity index (χ0) is 11.6. The van der Waals surface area contributed by atoms with Gasteiger partial charge in [-0.15, -0.1) is 0 Å². The first-order valence-corrected chi connectivity index (χ1v) is 6.52. The highest BCUT2D eigenvalue weighted by atomic mass is 79.9. The van der Waals surface area contributed by atoms with Crippen LogP contribution in [-0.2, 0) is 5.41 Å². The van der Waals surface area contributed by atoms with Crippen molar-refractivity contribution in [2.75, 3.05) is 26.7 Å². The van der Waals surface area contributed by atoms with E-state index in [1.165, 1.54) is 5.56 Å². The molecule has 1 heterocycles. The summed E-state index contributed by atoms with van der Waals surface area (Å²) < 4.78 is 1.11. The van der Waals surface area contributed by atoms with Crippen LogP contribution in [0.5, 0.6) is 0 Å². The summed E-state index contributed by atoms with van der Waals surface area (Å²) in [6.07, 6.45) is 2.22. The molecule has 16 heavy (non-hydrogen) atoms. The Bertz CT molecular complexity index is 369. The van der Waals surface area contributed by atoms with E-state index in [0.29, 0.717) is 0 Å². The van der Waals surface area contributed by atoms with Crippen molar-refractivity contribution >= 4 is 15.9 Å². The molecule has 1 aliphatic heterocycles. The van der Waals surface area contributed by atoms with E-state index in [1.807, 2.05) is 12.1 Å². The highest BCUT2D eigenvalue weighted by molar-refractivity contribution is 9.10. The van der Waals surface area contributed by atoms with Gasteiger partial charge in [-0.2, -0.15) is 0 Å². The zero-order valence-electron chi connectivity index (χ0n) is 9.62. The monoisotopic (exact) mass is 283 g/mol. The van der Waals surface area contributed by atoms with E-state index in [9.17, 15) is 5.11 Å². The molecule has 1 atom stereocenters. The minimum atomic E-state index is -0.0902. The molecule has 1 aromatic carbocycles. The van der Waals surface area contributed by atoms with Gasteiger partial charge in [0.2, 0.25) is 0 Å². The predicted molar refractivity (Wildman–Crippen MR) is 69.6 cm³/mol. The molecular weight excluding hydrogens is 266 g/mol. The van der Waals surface area contributed by atoms with Crippen molar-refractivity contribution in [3.8, 4) is 0 Å². The lowest BCUT2D eigenvalue weighted by atomic mass is 9.75. The Labute approximate surface area is 105 Å². The topological polar surface area (TPSA) is 23.5 Å². The van der Waals surface area contributed by atoms with E-state index >= 15 is 0 Å². The Balaban J connectivity index is 2.37. The Hall–Kier alpha value is -0.380. The molecule has 0 amide bonds. The molecule has 0 radical (unpaired) electrons. The number of hydrogen-bond donors (Lipinski definition) is 1. The number of hydrogen-bond acceptors (Lipinski definition) is 2. The van der Waals surface area contributed by atoms with Gasteiger partial charge in [-0.25, -0.2) is 0 Å². The average Bonchev–Trinajstić information content (AvgIpc) is 2.29. The fourth-order valence-corrected chi connectivity index (χ4v) is 3.39. The second-order valence-corrected chi connectivity index (χ2v) is 5.61.